The fourth-order valence-corrected chi connectivity index (χ4v) is 3.00. The second kappa shape index (κ2) is 6.91. The smallest absolute Gasteiger partial charge is 0.178 e. The molecule has 4 nitrogen and oxygen atoms in total. The molecule has 0 atom stereocenters. The van der Waals surface area contributed by atoms with E-state index < -0.39 is 0 Å². The lowest BCUT2D eigenvalue weighted by Gasteiger charge is -2.03. The topological polar surface area (TPSA) is 64.3 Å². The summed E-state index contributed by atoms with van der Waals surface area (Å²) in [5, 5.41) is 4.35. The number of thiophene rings is 1. The molecular formula is C14H22N2O2S. The number of hydrogen-bond donors (Lipinski definition) is 2. The first-order chi connectivity index (χ1) is 9.22. The summed E-state index contributed by atoms with van der Waals surface area (Å²) in [5.41, 5.74) is 6.54. The first-order valence-corrected chi connectivity index (χ1v) is 7.70. The Bertz CT molecular complexity index is 427. The Morgan fingerprint density at radius 3 is 2.95 bits per heavy atom. The van der Waals surface area contributed by atoms with E-state index in [9.17, 15) is 4.79 Å². The molecule has 1 saturated carbocycles. The average molecular weight is 282 g/mol. The lowest BCUT2D eigenvalue weighted by atomic mass is 10.2. The van der Waals surface area contributed by atoms with Crippen molar-refractivity contribution in [2.24, 2.45) is 5.92 Å². The Labute approximate surface area is 118 Å². The summed E-state index contributed by atoms with van der Waals surface area (Å²) in [7, 11) is 1.73. The Balaban J connectivity index is 1.75. The highest BCUT2D eigenvalue weighted by Crippen LogP contribution is 2.38. The summed E-state index contributed by atoms with van der Waals surface area (Å²) in [6.45, 7) is 1.74. The van der Waals surface area contributed by atoms with Gasteiger partial charge in [0.05, 0.1) is 15.6 Å². The fourth-order valence-electron chi connectivity index (χ4n) is 1.98. The van der Waals surface area contributed by atoms with Crippen LogP contribution in [0.5, 0.6) is 0 Å². The van der Waals surface area contributed by atoms with Crippen molar-refractivity contribution in [2.75, 3.05) is 31.3 Å². The highest BCUT2D eigenvalue weighted by atomic mass is 32.1. The van der Waals surface area contributed by atoms with Gasteiger partial charge in [-0.05, 0) is 38.2 Å². The Morgan fingerprint density at radius 1 is 1.47 bits per heavy atom. The van der Waals surface area contributed by atoms with Crippen LogP contribution in [0.1, 0.15) is 41.8 Å². The van der Waals surface area contributed by atoms with E-state index in [1.165, 1.54) is 11.3 Å². The van der Waals surface area contributed by atoms with Crippen LogP contribution in [0.15, 0.2) is 6.07 Å². The number of carbonyl (C=O) groups is 1. The monoisotopic (exact) mass is 282 g/mol. The lowest BCUT2D eigenvalue weighted by molar-refractivity contribution is 0.0972. The van der Waals surface area contributed by atoms with Crippen LogP contribution in [-0.4, -0.2) is 26.0 Å². The lowest BCUT2D eigenvalue weighted by Crippen LogP contribution is -2.01. The minimum Gasteiger partial charge on any atom is -0.397 e. The van der Waals surface area contributed by atoms with Crippen LogP contribution in [0, 0.1) is 5.92 Å². The van der Waals surface area contributed by atoms with Gasteiger partial charge in [0, 0.05) is 26.2 Å². The molecule has 0 radical (unpaired) electrons. The molecule has 1 aliphatic carbocycles. The Hall–Kier alpha value is -1.07. The van der Waals surface area contributed by atoms with Crippen LogP contribution in [0.3, 0.4) is 0 Å². The third kappa shape index (κ3) is 4.21. The predicted octanol–water partition coefficient (Wildman–Crippen LogP) is 3.15. The van der Waals surface area contributed by atoms with E-state index >= 15 is 0 Å². The molecule has 0 unspecified atom stereocenters. The normalized spacial score (nSPS) is 14.6. The van der Waals surface area contributed by atoms with Crippen molar-refractivity contribution in [1.82, 2.24) is 0 Å². The molecule has 5 heteroatoms. The van der Waals surface area contributed by atoms with E-state index in [4.69, 9.17) is 10.5 Å². The van der Waals surface area contributed by atoms with Crippen molar-refractivity contribution in [3.63, 3.8) is 0 Å². The molecule has 0 spiro atoms. The SMILES string of the molecule is COCCCCCNc1cc(N)c(C(=O)C2CC2)s1. The summed E-state index contributed by atoms with van der Waals surface area (Å²) in [4.78, 5) is 12.7. The fraction of sp³-hybridized carbons (Fsp3) is 0.643. The molecule has 0 aliphatic heterocycles. The molecule has 0 aromatic carbocycles. The summed E-state index contributed by atoms with van der Waals surface area (Å²) < 4.78 is 5.01. The summed E-state index contributed by atoms with van der Waals surface area (Å²) in [5.74, 6) is 0.471. The molecule has 1 aromatic rings. The minimum absolute atomic E-state index is 0.232. The molecule has 1 heterocycles. The third-order valence-electron chi connectivity index (χ3n) is 3.26. The van der Waals surface area contributed by atoms with Crippen molar-refractivity contribution in [3.8, 4) is 0 Å². The first kappa shape index (κ1) is 14.3. The van der Waals surface area contributed by atoms with Gasteiger partial charge in [-0.15, -0.1) is 11.3 Å². The standard InChI is InChI=1S/C14H22N2O2S/c1-18-8-4-2-3-7-16-12-9-11(15)14(19-12)13(17)10-5-6-10/h9-10,16H,2-8,15H2,1H3. The largest absolute Gasteiger partial charge is 0.397 e. The Kier molecular flexibility index (Phi) is 5.22. The van der Waals surface area contributed by atoms with Crippen LogP contribution in [0.2, 0.25) is 0 Å². The number of rotatable bonds is 9. The molecule has 106 valence electrons. The van der Waals surface area contributed by atoms with Crippen LogP contribution >= 0.6 is 11.3 Å². The number of unbranched alkanes of at least 4 members (excludes halogenated alkanes) is 2. The quantitative estimate of drug-likeness (QED) is 0.539. The van der Waals surface area contributed by atoms with Crippen molar-refractivity contribution >= 4 is 27.8 Å². The van der Waals surface area contributed by atoms with Gasteiger partial charge in [-0.1, -0.05) is 0 Å². The van der Waals surface area contributed by atoms with Gasteiger partial charge >= 0.3 is 0 Å². The van der Waals surface area contributed by atoms with Crippen molar-refractivity contribution in [1.29, 1.82) is 0 Å². The number of methoxy groups -OCH3 is 1. The maximum atomic E-state index is 12.0. The number of hydrogen-bond acceptors (Lipinski definition) is 5. The minimum atomic E-state index is 0.232. The van der Waals surface area contributed by atoms with Gasteiger partial charge < -0.3 is 15.8 Å². The van der Waals surface area contributed by atoms with E-state index in [1.807, 2.05) is 6.07 Å². The third-order valence-corrected chi connectivity index (χ3v) is 4.38. The number of nitrogen functional groups attached to an aromatic ring is 1. The van der Waals surface area contributed by atoms with E-state index in [0.29, 0.717) is 5.69 Å². The average Bonchev–Trinajstić information content (AvgIpc) is 3.17. The molecule has 1 fully saturated rings. The molecule has 2 rings (SSSR count). The number of nitrogens with two attached hydrogens (primary N) is 1. The summed E-state index contributed by atoms with van der Waals surface area (Å²) >= 11 is 1.49. The van der Waals surface area contributed by atoms with Crippen LogP contribution in [0.4, 0.5) is 10.7 Å². The molecule has 0 amide bonds. The molecule has 1 aliphatic rings. The summed E-state index contributed by atoms with van der Waals surface area (Å²) in [6, 6.07) is 1.88. The van der Waals surface area contributed by atoms with Gasteiger partial charge in [-0.25, -0.2) is 0 Å². The van der Waals surface area contributed by atoms with Gasteiger partial charge in [0.1, 0.15) is 0 Å². The predicted molar refractivity (Wildman–Crippen MR) is 80.0 cm³/mol. The number of ether oxygens (including phenoxy) is 1. The summed E-state index contributed by atoms with van der Waals surface area (Å²) in [6.07, 6.45) is 5.40. The zero-order chi connectivity index (χ0) is 13.7. The maximum Gasteiger partial charge on any atom is 0.178 e. The highest BCUT2D eigenvalue weighted by molar-refractivity contribution is 7.18. The zero-order valence-electron chi connectivity index (χ0n) is 11.4. The van der Waals surface area contributed by atoms with E-state index in [0.717, 1.165) is 55.1 Å². The Morgan fingerprint density at radius 2 is 2.26 bits per heavy atom. The zero-order valence-corrected chi connectivity index (χ0v) is 12.2. The van der Waals surface area contributed by atoms with Crippen LogP contribution < -0.4 is 11.1 Å². The number of carbonyl (C=O) groups excluding carboxylic acids is 1. The number of Topliss-reactive ketones (excluding diaryl/α,β-unsaturated/α-hetero) is 1. The van der Waals surface area contributed by atoms with E-state index in [-0.39, 0.29) is 11.7 Å². The maximum absolute atomic E-state index is 12.0. The van der Waals surface area contributed by atoms with Crippen molar-refractivity contribution < 1.29 is 9.53 Å². The molecule has 3 N–H and O–H groups in total. The van der Waals surface area contributed by atoms with E-state index in [1.54, 1.807) is 7.11 Å². The molecular weight excluding hydrogens is 260 g/mol. The molecule has 0 bridgehead atoms. The van der Waals surface area contributed by atoms with Gasteiger partial charge in [-0.3, -0.25) is 4.79 Å². The number of ketones is 1. The molecule has 19 heavy (non-hydrogen) atoms. The molecule has 0 saturated heterocycles. The van der Waals surface area contributed by atoms with Gasteiger partial charge in [0.15, 0.2) is 5.78 Å². The van der Waals surface area contributed by atoms with Gasteiger partial charge in [-0.2, -0.15) is 0 Å². The van der Waals surface area contributed by atoms with Crippen LogP contribution in [0.25, 0.3) is 0 Å². The van der Waals surface area contributed by atoms with E-state index in [2.05, 4.69) is 5.32 Å². The highest BCUT2D eigenvalue weighted by Gasteiger charge is 2.32. The van der Waals surface area contributed by atoms with Crippen molar-refractivity contribution in [3.05, 3.63) is 10.9 Å². The van der Waals surface area contributed by atoms with Gasteiger partial charge in [0.25, 0.3) is 0 Å². The van der Waals surface area contributed by atoms with Gasteiger partial charge in [0.2, 0.25) is 0 Å². The number of nitrogens with one attached hydrogen (secondary N) is 1. The van der Waals surface area contributed by atoms with Crippen LogP contribution in [-0.2, 0) is 4.74 Å². The first-order valence-electron chi connectivity index (χ1n) is 6.88. The van der Waals surface area contributed by atoms with Crippen molar-refractivity contribution in [2.45, 2.75) is 32.1 Å². The number of anilines is 2. The second-order valence-electron chi connectivity index (χ2n) is 5.01. The molecule has 1 aromatic heterocycles. The second-order valence-corrected chi connectivity index (χ2v) is 6.07.